The zero-order chi connectivity index (χ0) is 15.1. The first kappa shape index (κ1) is 15.1. The van der Waals surface area contributed by atoms with Crippen LogP contribution in [0, 0.1) is 12.3 Å². The molecule has 2 aliphatic rings. The number of likely N-dealkylation sites (tertiary alicyclic amines) is 1. The summed E-state index contributed by atoms with van der Waals surface area (Å²) in [5.41, 5.74) is 0.142. The Bertz CT molecular complexity index is 610. The van der Waals surface area contributed by atoms with Gasteiger partial charge in [-0.1, -0.05) is 0 Å². The van der Waals surface area contributed by atoms with E-state index in [2.05, 4.69) is 4.90 Å². The summed E-state index contributed by atoms with van der Waals surface area (Å²) in [5, 5.41) is 0. The van der Waals surface area contributed by atoms with Crippen molar-refractivity contribution in [2.24, 2.45) is 5.41 Å². The molecule has 1 spiro atoms. The second-order valence-electron chi connectivity index (χ2n) is 6.67. The van der Waals surface area contributed by atoms with Crippen LogP contribution >= 0.6 is 0 Å². The first-order valence-corrected chi connectivity index (χ1v) is 9.44. The van der Waals surface area contributed by atoms with Gasteiger partial charge in [0.05, 0.1) is 12.8 Å². The van der Waals surface area contributed by atoms with E-state index in [1.165, 1.54) is 6.26 Å². The summed E-state index contributed by atoms with van der Waals surface area (Å²) in [6, 6.07) is 4.02. The number of rotatable bonds is 3. The van der Waals surface area contributed by atoms with Gasteiger partial charge in [0.15, 0.2) is 0 Å². The predicted octanol–water partition coefficient (Wildman–Crippen LogP) is 1.84. The molecule has 0 aromatic carbocycles. The van der Waals surface area contributed by atoms with E-state index in [9.17, 15) is 8.42 Å². The van der Waals surface area contributed by atoms with Crippen molar-refractivity contribution in [2.75, 3.05) is 32.4 Å². The van der Waals surface area contributed by atoms with Gasteiger partial charge in [-0.3, -0.25) is 4.90 Å². The normalized spacial score (nSPS) is 28.5. The average molecular weight is 312 g/mol. The second kappa shape index (κ2) is 5.41. The van der Waals surface area contributed by atoms with Gasteiger partial charge in [-0.05, 0) is 50.3 Å². The molecule has 0 aliphatic carbocycles. The van der Waals surface area contributed by atoms with E-state index in [4.69, 9.17) is 4.42 Å². The van der Waals surface area contributed by atoms with Crippen LogP contribution in [0.3, 0.4) is 0 Å². The minimum Gasteiger partial charge on any atom is -0.465 e. The van der Waals surface area contributed by atoms with E-state index < -0.39 is 10.0 Å². The van der Waals surface area contributed by atoms with Crippen LogP contribution in [0.25, 0.3) is 0 Å². The van der Waals surface area contributed by atoms with Gasteiger partial charge in [0, 0.05) is 19.6 Å². The van der Waals surface area contributed by atoms with Crippen molar-refractivity contribution in [3.63, 3.8) is 0 Å². The highest BCUT2D eigenvalue weighted by Crippen LogP contribution is 2.40. The van der Waals surface area contributed by atoms with E-state index in [1.54, 1.807) is 4.31 Å². The number of aryl methyl sites for hydroxylation is 1. The van der Waals surface area contributed by atoms with Crippen LogP contribution in [0.1, 0.15) is 30.8 Å². The summed E-state index contributed by atoms with van der Waals surface area (Å²) < 4.78 is 30.9. The molecule has 118 valence electrons. The fourth-order valence-electron chi connectivity index (χ4n) is 3.73. The van der Waals surface area contributed by atoms with Crippen molar-refractivity contribution >= 4 is 10.0 Å². The highest BCUT2D eigenvalue weighted by molar-refractivity contribution is 7.88. The number of hydrogen-bond donors (Lipinski definition) is 0. The average Bonchev–Trinajstić information content (AvgIpc) is 2.97. The lowest BCUT2D eigenvalue weighted by Gasteiger charge is -2.39. The first-order valence-electron chi connectivity index (χ1n) is 7.59. The fourth-order valence-corrected chi connectivity index (χ4v) is 4.70. The Kier molecular flexibility index (Phi) is 3.88. The Labute approximate surface area is 127 Å². The Morgan fingerprint density at radius 1 is 1.24 bits per heavy atom. The Hall–Kier alpha value is -0.850. The molecule has 0 bridgehead atoms. The molecule has 1 aromatic rings. The molecular weight excluding hydrogens is 288 g/mol. The number of sulfonamides is 1. The third-order valence-electron chi connectivity index (χ3n) is 4.79. The van der Waals surface area contributed by atoms with E-state index >= 15 is 0 Å². The number of nitrogens with zero attached hydrogens (tertiary/aromatic N) is 2. The van der Waals surface area contributed by atoms with E-state index in [0.717, 1.165) is 50.4 Å². The van der Waals surface area contributed by atoms with Crippen molar-refractivity contribution in [3.05, 3.63) is 23.7 Å². The highest BCUT2D eigenvalue weighted by Gasteiger charge is 2.43. The Morgan fingerprint density at radius 3 is 2.71 bits per heavy atom. The van der Waals surface area contributed by atoms with Crippen LogP contribution < -0.4 is 0 Å². The summed E-state index contributed by atoms with van der Waals surface area (Å²) in [6.45, 7) is 6.14. The minimum absolute atomic E-state index is 0.142. The standard InChI is InChI=1S/C15H24N2O3S/c1-13-4-5-14(20-13)10-16-9-7-15(11-16)6-3-8-17(12-15)21(2,18)19/h4-5H,3,6-12H2,1-2H3/t15-/m0/s1. The van der Waals surface area contributed by atoms with Crippen LogP contribution in [-0.4, -0.2) is 50.1 Å². The summed E-state index contributed by atoms with van der Waals surface area (Å²) in [5.74, 6) is 1.94. The molecule has 2 saturated heterocycles. The van der Waals surface area contributed by atoms with Gasteiger partial charge in [-0.25, -0.2) is 12.7 Å². The fraction of sp³-hybridized carbons (Fsp3) is 0.733. The monoisotopic (exact) mass is 312 g/mol. The van der Waals surface area contributed by atoms with Crippen molar-refractivity contribution in [3.8, 4) is 0 Å². The molecule has 0 radical (unpaired) electrons. The maximum Gasteiger partial charge on any atom is 0.211 e. The van der Waals surface area contributed by atoms with Crippen LogP contribution in [0.4, 0.5) is 0 Å². The molecule has 0 N–H and O–H groups in total. The van der Waals surface area contributed by atoms with Crippen LogP contribution in [0.15, 0.2) is 16.5 Å². The maximum absolute atomic E-state index is 11.8. The molecule has 21 heavy (non-hydrogen) atoms. The largest absolute Gasteiger partial charge is 0.465 e. The molecule has 2 aliphatic heterocycles. The van der Waals surface area contributed by atoms with E-state index in [0.29, 0.717) is 13.1 Å². The molecule has 0 amide bonds. The minimum atomic E-state index is -3.07. The highest BCUT2D eigenvalue weighted by atomic mass is 32.2. The Balaban J connectivity index is 1.65. The van der Waals surface area contributed by atoms with E-state index in [-0.39, 0.29) is 5.41 Å². The molecule has 1 aromatic heterocycles. The number of hydrogen-bond acceptors (Lipinski definition) is 4. The number of furan rings is 1. The van der Waals surface area contributed by atoms with Gasteiger partial charge in [-0.2, -0.15) is 0 Å². The zero-order valence-electron chi connectivity index (χ0n) is 12.8. The predicted molar refractivity (Wildman–Crippen MR) is 81.4 cm³/mol. The van der Waals surface area contributed by atoms with Gasteiger partial charge in [0.25, 0.3) is 0 Å². The third kappa shape index (κ3) is 3.33. The van der Waals surface area contributed by atoms with Crippen molar-refractivity contribution in [2.45, 2.75) is 32.7 Å². The molecule has 5 nitrogen and oxygen atoms in total. The molecule has 0 unspecified atom stereocenters. The summed E-state index contributed by atoms with van der Waals surface area (Å²) in [7, 11) is -3.07. The topological polar surface area (TPSA) is 53.8 Å². The molecule has 3 heterocycles. The lowest BCUT2D eigenvalue weighted by molar-refractivity contribution is 0.144. The molecule has 3 rings (SSSR count). The maximum atomic E-state index is 11.8. The lowest BCUT2D eigenvalue weighted by atomic mass is 9.80. The Morgan fingerprint density at radius 2 is 2.05 bits per heavy atom. The van der Waals surface area contributed by atoms with Gasteiger partial charge in [0.1, 0.15) is 11.5 Å². The lowest BCUT2D eigenvalue weighted by Crippen LogP contribution is -2.46. The SMILES string of the molecule is Cc1ccc(CN2CC[C@@]3(CCCN(S(C)(=O)=O)C3)C2)o1. The second-order valence-corrected chi connectivity index (χ2v) is 8.66. The smallest absolute Gasteiger partial charge is 0.211 e. The van der Waals surface area contributed by atoms with Crippen molar-refractivity contribution in [1.82, 2.24) is 9.21 Å². The molecule has 6 heteroatoms. The van der Waals surface area contributed by atoms with Crippen molar-refractivity contribution in [1.29, 1.82) is 0 Å². The van der Waals surface area contributed by atoms with E-state index in [1.807, 2.05) is 19.1 Å². The molecule has 1 atom stereocenters. The van der Waals surface area contributed by atoms with Crippen LogP contribution in [0.2, 0.25) is 0 Å². The first-order chi connectivity index (χ1) is 9.86. The number of piperidine rings is 1. The van der Waals surface area contributed by atoms with Crippen molar-refractivity contribution < 1.29 is 12.8 Å². The van der Waals surface area contributed by atoms with Gasteiger partial charge >= 0.3 is 0 Å². The quantitative estimate of drug-likeness (QED) is 0.854. The molecule has 0 saturated carbocycles. The third-order valence-corrected chi connectivity index (χ3v) is 6.04. The van der Waals surface area contributed by atoms with Gasteiger partial charge in [-0.15, -0.1) is 0 Å². The zero-order valence-corrected chi connectivity index (χ0v) is 13.7. The molecular formula is C15H24N2O3S. The van der Waals surface area contributed by atoms with Gasteiger partial charge < -0.3 is 4.42 Å². The van der Waals surface area contributed by atoms with Crippen LogP contribution in [-0.2, 0) is 16.6 Å². The summed E-state index contributed by atoms with van der Waals surface area (Å²) in [4.78, 5) is 2.39. The van der Waals surface area contributed by atoms with Crippen LogP contribution in [0.5, 0.6) is 0 Å². The van der Waals surface area contributed by atoms with Gasteiger partial charge in [0.2, 0.25) is 10.0 Å². The summed E-state index contributed by atoms with van der Waals surface area (Å²) >= 11 is 0. The summed E-state index contributed by atoms with van der Waals surface area (Å²) in [6.07, 6.45) is 4.51. The molecule has 2 fully saturated rings.